The summed E-state index contributed by atoms with van der Waals surface area (Å²) in [6.45, 7) is 3.88. The van der Waals surface area contributed by atoms with Crippen molar-refractivity contribution < 1.29 is 27.8 Å². The summed E-state index contributed by atoms with van der Waals surface area (Å²) in [5.74, 6) is 0.373. The van der Waals surface area contributed by atoms with Crippen molar-refractivity contribution >= 4 is 5.97 Å². The molecule has 3 rings (SSSR count). The highest BCUT2D eigenvalue weighted by Crippen LogP contribution is 2.29. The largest absolute Gasteiger partial charge is 0.493 e. The normalized spacial score (nSPS) is 11.7. The van der Waals surface area contributed by atoms with Gasteiger partial charge in [0.25, 0.3) is 5.89 Å². The first-order valence-corrected chi connectivity index (χ1v) is 8.63. The summed E-state index contributed by atoms with van der Waals surface area (Å²) >= 11 is 0. The second-order valence-electron chi connectivity index (χ2n) is 5.80. The fraction of sp³-hybridized carbons (Fsp3) is 0.250. The average Bonchev–Trinajstić information content (AvgIpc) is 3.19. The average molecular weight is 386 g/mol. The second-order valence-corrected chi connectivity index (χ2v) is 5.80. The van der Waals surface area contributed by atoms with Crippen molar-refractivity contribution in [3.63, 3.8) is 0 Å². The second kappa shape index (κ2) is 8.51. The molecular weight excluding hydrogens is 367 g/mol. The summed E-state index contributed by atoms with van der Waals surface area (Å²) in [7, 11) is 1.52. The van der Waals surface area contributed by atoms with Gasteiger partial charge in [-0.05, 0) is 56.3 Å². The Hall–Kier alpha value is -3.42. The van der Waals surface area contributed by atoms with Crippen LogP contribution in [0.4, 0.5) is 4.39 Å². The Labute approximate surface area is 161 Å². The number of esters is 1. The van der Waals surface area contributed by atoms with Crippen LogP contribution in [0.5, 0.6) is 11.5 Å². The monoisotopic (exact) mass is 386 g/mol. The molecule has 146 valence electrons. The number of hydrogen-bond donors (Lipinski definition) is 0. The zero-order valence-corrected chi connectivity index (χ0v) is 15.6. The van der Waals surface area contributed by atoms with E-state index < -0.39 is 12.1 Å². The summed E-state index contributed by atoms with van der Waals surface area (Å²) in [5.41, 5.74) is 0.865. The molecule has 0 fully saturated rings. The molecule has 1 aromatic heterocycles. The van der Waals surface area contributed by atoms with Crippen LogP contribution < -0.4 is 9.47 Å². The summed E-state index contributed by atoms with van der Waals surface area (Å²) in [6.07, 6.45) is -0.771. The molecule has 0 aliphatic heterocycles. The Kier molecular flexibility index (Phi) is 5.88. The van der Waals surface area contributed by atoms with Gasteiger partial charge in [0.2, 0.25) is 5.89 Å². The number of halogens is 1. The van der Waals surface area contributed by atoms with Gasteiger partial charge in [0.15, 0.2) is 17.6 Å². The fourth-order valence-corrected chi connectivity index (χ4v) is 2.46. The van der Waals surface area contributed by atoms with E-state index in [1.54, 1.807) is 25.1 Å². The first-order chi connectivity index (χ1) is 13.5. The van der Waals surface area contributed by atoms with Crippen LogP contribution in [0.1, 0.15) is 36.2 Å². The molecule has 0 radical (unpaired) electrons. The maximum Gasteiger partial charge on any atom is 0.339 e. The van der Waals surface area contributed by atoms with E-state index >= 15 is 0 Å². The minimum atomic E-state index is -0.771. The molecule has 3 aromatic rings. The van der Waals surface area contributed by atoms with E-state index in [0.717, 1.165) is 0 Å². The van der Waals surface area contributed by atoms with Gasteiger partial charge >= 0.3 is 5.97 Å². The van der Waals surface area contributed by atoms with Crippen molar-refractivity contribution in [2.24, 2.45) is 0 Å². The topological polar surface area (TPSA) is 83.7 Å². The minimum absolute atomic E-state index is 0.131. The predicted molar refractivity (Wildman–Crippen MR) is 97.7 cm³/mol. The number of benzene rings is 2. The summed E-state index contributed by atoms with van der Waals surface area (Å²) in [4.78, 5) is 12.4. The molecule has 1 heterocycles. The van der Waals surface area contributed by atoms with Gasteiger partial charge in [0, 0.05) is 5.56 Å². The number of rotatable bonds is 7. The number of aromatic nitrogens is 2. The van der Waals surface area contributed by atoms with Gasteiger partial charge in [-0.15, -0.1) is 10.2 Å². The zero-order valence-electron chi connectivity index (χ0n) is 15.6. The van der Waals surface area contributed by atoms with Gasteiger partial charge in [-0.25, -0.2) is 9.18 Å². The Bertz CT molecular complexity index is 955. The Morgan fingerprint density at radius 1 is 1.14 bits per heavy atom. The molecule has 0 amide bonds. The first kappa shape index (κ1) is 19.3. The fourth-order valence-electron chi connectivity index (χ4n) is 2.46. The number of methoxy groups -OCH3 is 1. The molecule has 0 N–H and O–H groups in total. The third-order valence-electron chi connectivity index (χ3n) is 3.86. The highest BCUT2D eigenvalue weighted by atomic mass is 19.1. The van der Waals surface area contributed by atoms with Crippen LogP contribution in [0, 0.1) is 5.82 Å². The highest BCUT2D eigenvalue weighted by molar-refractivity contribution is 5.90. The maximum atomic E-state index is 13.0. The molecule has 0 saturated heterocycles. The van der Waals surface area contributed by atoms with E-state index in [9.17, 15) is 9.18 Å². The lowest BCUT2D eigenvalue weighted by atomic mass is 10.2. The van der Waals surface area contributed by atoms with Crippen molar-refractivity contribution in [2.45, 2.75) is 20.0 Å². The van der Waals surface area contributed by atoms with Crippen LogP contribution in [-0.4, -0.2) is 29.9 Å². The van der Waals surface area contributed by atoms with Crippen LogP contribution in [0.25, 0.3) is 11.5 Å². The van der Waals surface area contributed by atoms with Gasteiger partial charge in [-0.2, -0.15) is 0 Å². The molecule has 0 aliphatic rings. The molecule has 0 spiro atoms. The van der Waals surface area contributed by atoms with Crippen LogP contribution >= 0.6 is 0 Å². The number of carbonyl (C=O) groups excluding carboxylic acids is 1. The molecule has 2 aromatic carbocycles. The van der Waals surface area contributed by atoms with E-state index in [4.69, 9.17) is 18.6 Å². The molecule has 7 nitrogen and oxygen atoms in total. The van der Waals surface area contributed by atoms with Crippen LogP contribution in [-0.2, 0) is 4.74 Å². The predicted octanol–water partition coefficient (Wildman–Crippen LogP) is 4.20. The third kappa shape index (κ3) is 4.28. The van der Waals surface area contributed by atoms with E-state index in [-0.39, 0.29) is 17.6 Å². The van der Waals surface area contributed by atoms with Crippen molar-refractivity contribution in [1.29, 1.82) is 0 Å². The number of ether oxygens (including phenoxy) is 3. The Morgan fingerprint density at radius 2 is 1.89 bits per heavy atom. The van der Waals surface area contributed by atoms with Gasteiger partial charge in [-0.1, -0.05) is 0 Å². The van der Waals surface area contributed by atoms with Gasteiger partial charge in [-0.3, -0.25) is 0 Å². The standard InChI is InChI=1S/C20H19FN2O5/c1-4-26-17-11-14(7-10-16(17)25-3)20(24)27-12(2)18-22-23-19(28-18)13-5-8-15(21)9-6-13/h5-12H,4H2,1-3H3/t12-/m0/s1. The Morgan fingerprint density at radius 3 is 2.57 bits per heavy atom. The molecule has 8 heteroatoms. The molecule has 1 atom stereocenters. The van der Waals surface area contributed by atoms with Crippen LogP contribution in [0.3, 0.4) is 0 Å². The SMILES string of the molecule is CCOc1cc(C(=O)O[C@@H](C)c2nnc(-c3ccc(F)cc3)o2)ccc1OC. The molecule has 0 aliphatic carbocycles. The quantitative estimate of drug-likeness (QED) is 0.563. The number of nitrogens with zero attached hydrogens (tertiary/aromatic N) is 2. The number of carbonyl (C=O) groups is 1. The first-order valence-electron chi connectivity index (χ1n) is 8.63. The smallest absolute Gasteiger partial charge is 0.339 e. The lowest BCUT2D eigenvalue weighted by Crippen LogP contribution is -2.10. The van der Waals surface area contributed by atoms with E-state index in [0.29, 0.717) is 29.2 Å². The summed E-state index contributed by atoms with van der Waals surface area (Å²) in [6, 6.07) is 10.4. The summed E-state index contributed by atoms with van der Waals surface area (Å²) in [5, 5.41) is 7.82. The van der Waals surface area contributed by atoms with Crippen LogP contribution in [0.2, 0.25) is 0 Å². The lowest BCUT2D eigenvalue weighted by Gasteiger charge is -2.12. The van der Waals surface area contributed by atoms with Crippen molar-refractivity contribution in [1.82, 2.24) is 10.2 Å². The zero-order chi connectivity index (χ0) is 20.1. The third-order valence-corrected chi connectivity index (χ3v) is 3.86. The van der Waals surface area contributed by atoms with Gasteiger partial charge in [0.05, 0.1) is 19.3 Å². The minimum Gasteiger partial charge on any atom is -0.493 e. The summed E-state index contributed by atoms with van der Waals surface area (Å²) < 4.78 is 34.6. The maximum absolute atomic E-state index is 13.0. The van der Waals surface area contributed by atoms with Crippen molar-refractivity contribution in [3.05, 3.63) is 59.7 Å². The van der Waals surface area contributed by atoms with Crippen LogP contribution in [0.15, 0.2) is 46.9 Å². The van der Waals surface area contributed by atoms with Crippen molar-refractivity contribution in [3.8, 4) is 23.0 Å². The molecule has 0 saturated carbocycles. The molecule has 0 unspecified atom stereocenters. The highest BCUT2D eigenvalue weighted by Gasteiger charge is 2.21. The lowest BCUT2D eigenvalue weighted by molar-refractivity contribution is 0.0279. The van der Waals surface area contributed by atoms with Gasteiger partial charge in [0.1, 0.15) is 5.82 Å². The van der Waals surface area contributed by atoms with Crippen molar-refractivity contribution in [2.75, 3.05) is 13.7 Å². The van der Waals surface area contributed by atoms with Gasteiger partial charge < -0.3 is 18.6 Å². The van der Waals surface area contributed by atoms with E-state index in [1.165, 1.54) is 31.4 Å². The molecule has 28 heavy (non-hydrogen) atoms. The number of hydrogen-bond acceptors (Lipinski definition) is 7. The van der Waals surface area contributed by atoms with E-state index in [1.807, 2.05) is 6.92 Å². The van der Waals surface area contributed by atoms with E-state index in [2.05, 4.69) is 10.2 Å². The molecule has 0 bridgehead atoms. The Balaban J connectivity index is 1.72. The molecular formula is C20H19FN2O5.